The zero-order valence-corrected chi connectivity index (χ0v) is 20.9. The van der Waals surface area contributed by atoms with Gasteiger partial charge in [-0.05, 0) is 75.6 Å². The summed E-state index contributed by atoms with van der Waals surface area (Å²) in [5.74, 6) is -0.817. The van der Waals surface area contributed by atoms with E-state index in [1.54, 1.807) is 41.1 Å². The minimum atomic E-state index is -0.478. The molecule has 1 heterocycles. The Bertz CT molecular complexity index is 1480. The molecule has 0 amide bonds. The summed E-state index contributed by atoms with van der Waals surface area (Å²) in [4.78, 5) is 12.5. The number of ether oxygens (including phenoxy) is 1. The molecule has 1 aromatic heterocycles. The SMILES string of the molecule is O=C(OCc1ccc(F)cc1)c1ccc(-n2nnnc2SC(c2ccccc2)c2ccc(Cl)cc2)cc1. The summed E-state index contributed by atoms with van der Waals surface area (Å²) in [6, 6.07) is 30.5. The summed E-state index contributed by atoms with van der Waals surface area (Å²) in [7, 11) is 0. The molecular formula is C28H20ClFN4O2S. The van der Waals surface area contributed by atoms with Crippen molar-refractivity contribution in [3.63, 3.8) is 0 Å². The molecule has 5 rings (SSSR count). The first-order valence-corrected chi connectivity index (χ1v) is 12.6. The number of thioether (sulfide) groups is 1. The van der Waals surface area contributed by atoms with Crippen molar-refractivity contribution < 1.29 is 13.9 Å². The van der Waals surface area contributed by atoms with E-state index < -0.39 is 5.97 Å². The third-order valence-electron chi connectivity index (χ3n) is 5.57. The maximum Gasteiger partial charge on any atom is 0.338 e. The van der Waals surface area contributed by atoms with Crippen molar-refractivity contribution in [3.05, 3.63) is 136 Å². The van der Waals surface area contributed by atoms with Gasteiger partial charge in [0.2, 0.25) is 5.16 Å². The van der Waals surface area contributed by atoms with Gasteiger partial charge < -0.3 is 4.74 Å². The molecule has 0 aliphatic heterocycles. The van der Waals surface area contributed by atoms with Crippen LogP contribution in [0.25, 0.3) is 5.69 Å². The molecule has 0 N–H and O–H groups in total. The zero-order valence-electron chi connectivity index (χ0n) is 19.4. The van der Waals surface area contributed by atoms with E-state index in [2.05, 4.69) is 27.7 Å². The number of halogens is 2. The van der Waals surface area contributed by atoms with E-state index in [4.69, 9.17) is 16.3 Å². The van der Waals surface area contributed by atoms with Crippen molar-refractivity contribution in [3.8, 4) is 5.69 Å². The second kappa shape index (κ2) is 11.4. The highest BCUT2D eigenvalue weighted by molar-refractivity contribution is 7.99. The first kappa shape index (κ1) is 24.7. The van der Waals surface area contributed by atoms with E-state index in [1.807, 2.05) is 42.5 Å². The maximum absolute atomic E-state index is 13.1. The fraction of sp³-hybridized carbons (Fsp3) is 0.0714. The van der Waals surface area contributed by atoms with Crippen LogP contribution in [-0.2, 0) is 11.3 Å². The average molecular weight is 531 g/mol. The van der Waals surface area contributed by atoms with Gasteiger partial charge >= 0.3 is 5.97 Å². The second-order valence-electron chi connectivity index (χ2n) is 8.08. The Morgan fingerprint density at radius 1 is 0.892 bits per heavy atom. The monoisotopic (exact) mass is 530 g/mol. The average Bonchev–Trinajstić information content (AvgIpc) is 3.41. The largest absolute Gasteiger partial charge is 0.457 e. The van der Waals surface area contributed by atoms with Gasteiger partial charge in [0, 0.05) is 5.02 Å². The highest BCUT2D eigenvalue weighted by Crippen LogP contribution is 2.40. The Hall–Kier alpha value is -4.01. The molecule has 0 radical (unpaired) electrons. The van der Waals surface area contributed by atoms with Gasteiger partial charge in [0.05, 0.1) is 16.5 Å². The molecule has 9 heteroatoms. The van der Waals surface area contributed by atoms with Crippen LogP contribution < -0.4 is 0 Å². The van der Waals surface area contributed by atoms with Crippen LogP contribution in [0, 0.1) is 5.82 Å². The molecule has 0 bridgehead atoms. The van der Waals surface area contributed by atoms with Crippen LogP contribution in [0.5, 0.6) is 0 Å². The van der Waals surface area contributed by atoms with Crippen LogP contribution in [0.1, 0.15) is 32.3 Å². The normalized spacial score (nSPS) is 11.7. The van der Waals surface area contributed by atoms with Gasteiger partial charge in [0.1, 0.15) is 12.4 Å². The number of benzene rings is 4. The quantitative estimate of drug-likeness (QED) is 0.164. The van der Waals surface area contributed by atoms with Crippen molar-refractivity contribution in [2.24, 2.45) is 0 Å². The molecule has 5 aromatic rings. The van der Waals surface area contributed by atoms with Crippen molar-refractivity contribution in [2.45, 2.75) is 17.0 Å². The number of carbonyl (C=O) groups is 1. The summed E-state index contributed by atoms with van der Waals surface area (Å²) in [5, 5.41) is 13.5. The van der Waals surface area contributed by atoms with Gasteiger partial charge in [-0.2, -0.15) is 4.68 Å². The molecule has 0 aliphatic carbocycles. The Labute approximate surface area is 222 Å². The van der Waals surface area contributed by atoms with E-state index in [1.165, 1.54) is 23.9 Å². The van der Waals surface area contributed by atoms with Gasteiger partial charge in [0.25, 0.3) is 0 Å². The van der Waals surface area contributed by atoms with E-state index in [0.717, 1.165) is 11.1 Å². The fourth-order valence-corrected chi connectivity index (χ4v) is 4.91. The minimum Gasteiger partial charge on any atom is -0.457 e. The maximum atomic E-state index is 13.1. The summed E-state index contributed by atoms with van der Waals surface area (Å²) < 4.78 is 20.0. The van der Waals surface area contributed by atoms with Crippen LogP contribution in [0.4, 0.5) is 4.39 Å². The van der Waals surface area contributed by atoms with Crippen molar-refractivity contribution in [2.75, 3.05) is 0 Å². The molecule has 0 fully saturated rings. The Morgan fingerprint density at radius 2 is 1.57 bits per heavy atom. The van der Waals surface area contributed by atoms with Crippen LogP contribution in [0.2, 0.25) is 5.02 Å². The van der Waals surface area contributed by atoms with E-state index in [9.17, 15) is 9.18 Å². The summed E-state index contributed by atoms with van der Waals surface area (Å²) >= 11 is 7.62. The third-order valence-corrected chi connectivity index (χ3v) is 7.07. The Kier molecular flexibility index (Phi) is 7.58. The van der Waals surface area contributed by atoms with Crippen LogP contribution >= 0.6 is 23.4 Å². The molecule has 184 valence electrons. The van der Waals surface area contributed by atoms with Gasteiger partial charge in [-0.1, -0.05) is 78.0 Å². The smallest absolute Gasteiger partial charge is 0.338 e. The first-order chi connectivity index (χ1) is 18.1. The van der Waals surface area contributed by atoms with Crippen LogP contribution in [0.3, 0.4) is 0 Å². The van der Waals surface area contributed by atoms with Crippen LogP contribution in [0.15, 0.2) is 108 Å². The van der Waals surface area contributed by atoms with Crippen LogP contribution in [-0.4, -0.2) is 26.2 Å². The van der Waals surface area contributed by atoms with Gasteiger partial charge in [0.15, 0.2) is 0 Å². The summed E-state index contributed by atoms with van der Waals surface area (Å²) in [6.07, 6.45) is 0. The molecular weight excluding hydrogens is 511 g/mol. The lowest BCUT2D eigenvalue weighted by atomic mass is 10.0. The number of carbonyl (C=O) groups excluding carboxylic acids is 1. The highest BCUT2D eigenvalue weighted by Gasteiger charge is 2.21. The molecule has 0 saturated heterocycles. The molecule has 6 nitrogen and oxygen atoms in total. The minimum absolute atomic E-state index is 0.0558. The molecule has 1 unspecified atom stereocenters. The molecule has 37 heavy (non-hydrogen) atoms. The number of rotatable bonds is 8. The lowest BCUT2D eigenvalue weighted by Crippen LogP contribution is -2.06. The van der Waals surface area contributed by atoms with E-state index in [-0.39, 0.29) is 17.7 Å². The number of tetrazole rings is 1. The van der Waals surface area contributed by atoms with Gasteiger partial charge in [-0.15, -0.1) is 5.10 Å². The van der Waals surface area contributed by atoms with Gasteiger partial charge in [-0.3, -0.25) is 0 Å². The molecule has 0 saturated carbocycles. The third kappa shape index (κ3) is 6.04. The number of hydrogen-bond acceptors (Lipinski definition) is 6. The summed E-state index contributed by atoms with van der Waals surface area (Å²) in [5.41, 5.74) is 3.95. The predicted octanol–water partition coefficient (Wildman–Crippen LogP) is 6.69. The van der Waals surface area contributed by atoms with E-state index in [0.29, 0.717) is 27.0 Å². The number of nitrogens with zero attached hydrogens (tertiary/aromatic N) is 4. The Morgan fingerprint density at radius 3 is 2.27 bits per heavy atom. The first-order valence-electron chi connectivity index (χ1n) is 11.3. The molecule has 1 atom stereocenters. The topological polar surface area (TPSA) is 69.9 Å². The predicted molar refractivity (Wildman–Crippen MR) is 140 cm³/mol. The zero-order chi connectivity index (χ0) is 25.6. The second-order valence-corrected chi connectivity index (χ2v) is 9.59. The van der Waals surface area contributed by atoms with Crippen molar-refractivity contribution >= 4 is 29.3 Å². The highest BCUT2D eigenvalue weighted by atomic mass is 35.5. The number of hydrogen-bond donors (Lipinski definition) is 0. The van der Waals surface area contributed by atoms with Gasteiger partial charge in [-0.25, -0.2) is 9.18 Å². The van der Waals surface area contributed by atoms with Crippen molar-refractivity contribution in [1.82, 2.24) is 20.2 Å². The molecule has 4 aromatic carbocycles. The molecule has 0 aliphatic rings. The summed E-state index contributed by atoms with van der Waals surface area (Å²) in [6.45, 7) is 0.0558. The molecule has 0 spiro atoms. The number of aromatic nitrogens is 4. The number of esters is 1. The van der Waals surface area contributed by atoms with E-state index >= 15 is 0 Å². The standard InChI is InChI=1S/C28H20ClFN4O2S/c29-23-12-8-21(9-13-23)26(20-4-2-1-3-5-20)37-28-31-32-33-34(28)25-16-10-22(11-17-25)27(35)36-18-19-6-14-24(30)15-7-19/h1-17,26H,18H2. The van der Waals surface area contributed by atoms with Crippen molar-refractivity contribution in [1.29, 1.82) is 0 Å². The lowest BCUT2D eigenvalue weighted by Gasteiger charge is -2.17. The Balaban J connectivity index is 1.33. The lowest BCUT2D eigenvalue weighted by molar-refractivity contribution is 0.0472. The fourth-order valence-electron chi connectivity index (χ4n) is 3.67.